The Kier molecular flexibility index (Phi) is 11.2. The number of benzene rings is 4. The third-order valence-corrected chi connectivity index (χ3v) is 12.1. The number of aryl methyl sites for hydroxylation is 7. The third kappa shape index (κ3) is 7.62. The first kappa shape index (κ1) is 40.7. The minimum atomic E-state index is 0.585. The zero-order chi connectivity index (χ0) is 42.4. The van der Waals surface area contributed by atoms with Crippen LogP contribution in [0.1, 0.15) is 39.9 Å². The number of aromatic amines is 2. The molecule has 6 N–H and O–H groups in total. The summed E-state index contributed by atoms with van der Waals surface area (Å²) in [6.45, 7) is 13.7. The van der Waals surface area contributed by atoms with Crippen LogP contribution in [0.5, 0.6) is 0 Å². The van der Waals surface area contributed by atoms with Crippen molar-refractivity contribution in [3.05, 3.63) is 127 Å². The number of anilines is 2. The highest BCUT2D eigenvalue weighted by molar-refractivity contribution is 14.1. The van der Waals surface area contributed by atoms with Gasteiger partial charge in [0.25, 0.3) is 0 Å². The van der Waals surface area contributed by atoms with Gasteiger partial charge in [-0.25, -0.2) is 9.97 Å². The minimum Gasteiger partial charge on any atom is -0.397 e. The van der Waals surface area contributed by atoms with Crippen LogP contribution in [0.4, 0.5) is 11.4 Å². The van der Waals surface area contributed by atoms with Gasteiger partial charge >= 0.3 is 0 Å². The molecule has 0 spiro atoms. The Morgan fingerprint density at radius 3 is 1.62 bits per heavy atom. The Labute approximate surface area is 372 Å². The second kappa shape index (κ2) is 16.5. The molecular weight excluding hydrogens is 982 g/mol. The second-order valence-corrected chi connectivity index (χ2v) is 16.8. The molecule has 0 fully saturated rings. The fourth-order valence-electron chi connectivity index (χ4n) is 7.62. The fourth-order valence-corrected chi connectivity index (χ4v) is 9.04. The van der Waals surface area contributed by atoms with Crippen molar-refractivity contribution in [3.8, 4) is 44.5 Å². The molecule has 0 bridgehead atoms. The van der Waals surface area contributed by atoms with Gasteiger partial charge in [-0.3, -0.25) is 4.98 Å². The molecule has 0 aliphatic heterocycles. The molecular formula is C45H40I2N10O3. The lowest BCUT2D eigenvalue weighted by Crippen LogP contribution is -1.98. The Bertz CT molecular complexity index is 3130. The van der Waals surface area contributed by atoms with Crippen molar-refractivity contribution in [2.45, 2.75) is 48.5 Å². The van der Waals surface area contributed by atoms with Crippen molar-refractivity contribution in [2.75, 3.05) is 11.5 Å². The average Bonchev–Trinajstić information content (AvgIpc) is 4.07. The molecule has 10 rings (SSSR count). The molecule has 60 heavy (non-hydrogen) atoms. The predicted molar refractivity (Wildman–Crippen MR) is 253 cm³/mol. The first-order chi connectivity index (χ1) is 28.8. The Morgan fingerprint density at radius 1 is 0.550 bits per heavy atom. The van der Waals surface area contributed by atoms with Crippen LogP contribution in [0.3, 0.4) is 0 Å². The standard InChI is InChI=1S/C22H18N4O.C12H10IN3O.C11H12IN3O/c1-12-6-7-18-16(5-4-8-23-18)20(12)17-9-15(10-19-22(17)25-11-24-19)21-13(2)26-27-14(21)3;1-6-11(7(2)17-16-6)8-3-9(13)12-10(4-8)14-5-15-12;1-5-10(6(2)16-15-5)7-3-8(12)11(14)9(13)4-7/h4-11H,1-3H3,(H,24,25);3-5H,1-2H3,(H,14,15);3-4H,13-14H2,1-2H3. The molecule has 0 atom stereocenters. The van der Waals surface area contributed by atoms with Crippen LogP contribution in [-0.4, -0.2) is 40.4 Å². The summed E-state index contributed by atoms with van der Waals surface area (Å²) in [4.78, 5) is 19.8. The van der Waals surface area contributed by atoms with Crippen LogP contribution in [0.25, 0.3) is 77.5 Å². The summed E-state index contributed by atoms with van der Waals surface area (Å²) >= 11 is 4.46. The van der Waals surface area contributed by atoms with Crippen LogP contribution in [0.2, 0.25) is 0 Å². The third-order valence-electron chi connectivity index (χ3n) is 10.4. The van der Waals surface area contributed by atoms with Crippen molar-refractivity contribution in [1.29, 1.82) is 0 Å². The van der Waals surface area contributed by atoms with Gasteiger partial charge in [0, 0.05) is 41.0 Å². The minimum absolute atomic E-state index is 0.585. The number of hydrogen-bond donors (Lipinski definition) is 4. The number of nitrogen functional groups attached to an aromatic ring is 2. The highest BCUT2D eigenvalue weighted by Crippen LogP contribution is 2.40. The van der Waals surface area contributed by atoms with Gasteiger partial charge in [0.05, 0.1) is 63.2 Å². The van der Waals surface area contributed by atoms with Crippen LogP contribution < -0.4 is 11.5 Å². The molecule has 0 aliphatic rings. The molecule has 15 heteroatoms. The second-order valence-electron chi connectivity index (χ2n) is 14.5. The maximum atomic E-state index is 5.85. The first-order valence-corrected chi connectivity index (χ1v) is 21.0. The summed E-state index contributed by atoms with van der Waals surface area (Å²) in [5.74, 6) is 2.45. The highest BCUT2D eigenvalue weighted by atomic mass is 127. The van der Waals surface area contributed by atoms with Crippen molar-refractivity contribution >= 4 is 89.5 Å². The molecule has 13 nitrogen and oxygen atoms in total. The Balaban J connectivity index is 0.000000132. The molecule has 6 heterocycles. The summed E-state index contributed by atoms with van der Waals surface area (Å²) in [6, 6.07) is 20.6. The number of nitrogens with two attached hydrogens (primary N) is 2. The van der Waals surface area contributed by atoms with Gasteiger partial charge in [-0.05, 0) is 170 Å². The van der Waals surface area contributed by atoms with Crippen molar-refractivity contribution in [3.63, 3.8) is 0 Å². The van der Waals surface area contributed by atoms with Gasteiger partial charge in [0.15, 0.2) is 0 Å². The number of nitrogens with zero attached hydrogens (tertiary/aromatic N) is 6. The SMILES string of the molecule is Cc1ccc2ncccc2c1-c1cc(-c2c(C)noc2C)cc2[nH]cnc12.Cc1noc(C)c1-c1cc(I)c2nc[nH]c2c1.Cc1noc(C)c1-c1cc(N)c(N)c(I)c1. The molecule has 0 radical (unpaired) electrons. The van der Waals surface area contributed by atoms with E-state index in [-0.39, 0.29) is 0 Å². The molecule has 302 valence electrons. The lowest BCUT2D eigenvalue weighted by atomic mass is 9.92. The quantitative estimate of drug-likeness (QED) is 0.0965. The van der Waals surface area contributed by atoms with Crippen LogP contribution in [0, 0.1) is 55.6 Å². The van der Waals surface area contributed by atoms with E-state index in [2.05, 4.69) is 135 Å². The van der Waals surface area contributed by atoms with E-state index in [0.29, 0.717) is 11.4 Å². The van der Waals surface area contributed by atoms with E-state index in [1.54, 1.807) is 12.7 Å². The molecule has 0 amide bonds. The Morgan fingerprint density at radius 2 is 1.07 bits per heavy atom. The number of pyridine rings is 1. The molecule has 6 aromatic heterocycles. The van der Waals surface area contributed by atoms with Crippen molar-refractivity contribution in [1.82, 2.24) is 40.4 Å². The molecule has 0 saturated carbocycles. The van der Waals surface area contributed by atoms with E-state index < -0.39 is 0 Å². The van der Waals surface area contributed by atoms with Gasteiger partial charge in [0.1, 0.15) is 22.8 Å². The van der Waals surface area contributed by atoms with Gasteiger partial charge in [-0.1, -0.05) is 27.6 Å². The largest absolute Gasteiger partial charge is 0.397 e. The van der Waals surface area contributed by atoms with Gasteiger partial charge in [0.2, 0.25) is 0 Å². The average molecular weight is 1020 g/mol. The Hall–Kier alpha value is -6.08. The van der Waals surface area contributed by atoms with E-state index in [1.165, 1.54) is 5.56 Å². The zero-order valence-electron chi connectivity index (χ0n) is 33.8. The molecule has 10 aromatic rings. The number of H-pyrrole nitrogens is 2. The van der Waals surface area contributed by atoms with Gasteiger partial charge < -0.3 is 35.0 Å². The normalized spacial score (nSPS) is 11.2. The smallest absolute Gasteiger partial charge is 0.141 e. The fraction of sp³-hybridized carbons (Fsp3) is 0.156. The highest BCUT2D eigenvalue weighted by Gasteiger charge is 2.19. The topological polar surface area (TPSA) is 200 Å². The lowest BCUT2D eigenvalue weighted by Gasteiger charge is -2.13. The summed E-state index contributed by atoms with van der Waals surface area (Å²) in [6.07, 6.45) is 5.28. The lowest BCUT2D eigenvalue weighted by molar-refractivity contribution is 0.393. The maximum absolute atomic E-state index is 5.85. The van der Waals surface area contributed by atoms with Crippen molar-refractivity contribution < 1.29 is 13.6 Å². The summed E-state index contributed by atoms with van der Waals surface area (Å²) in [5, 5.41) is 13.2. The summed E-state index contributed by atoms with van der Waals surface area (Å²) in [5.41, 5.74) is 30.2. The predicted octanol–water partition coefficient (Wildman–Crippen LogP) is 11.5. The van der Waals surface area contributed by atoms with E-state index in [4.69, 9.17) is 25.0 Å². The van der Waals surface area contributed by atoms with Crippen LogP contribution in [-0.2, 0) is 0 Å². The number of nitrogens with one attached hydrogen (secondary N) is 2. The molecule has 0 aliphatic carbocycles. The van der Waals surface area contributed by atoms with E-state index >= 15 is 0 Å². The van der Waals surface area contributed by atoms with Crippen molar-refractivity contribution in [2.24, 2.45) is 0 Å². The van der Waals surface area contributed by atoms with Gasteiger partial charge in [-0.15, -0.1) is 0 Å². The zero-order valence-corrected chi connectivity index (χ0v) is 38.1. The summed E-state index contributed by atoms with van der Waals surface area (Å²) in [7, 11) is 0. The molecule has 0 unspecified atom stereocenters. The van der Waals surface area contributed by atoms with Gasteiger partial charge in [-0.2, -0.15) is 0 Å². The number of aromatic nitrogens is 8. The maximum Gasteiger partial charge on any atom is 0.141 e. The van der Waals surface area contributed by atoms with E-state index in [9.17, 15) is 0 Å². The first-order valence-electron chi connectivity index (χ1n) is 18.9. The monoisotopic (exact) mass is 1020 g/mol. The van der Waals surface area contributed by atoms with Crippen LogP contribution in [0.15, 0.2) is 93.1 Å². The number of rotatable bonds is 4. The van der Waals surface area contributed by atoms with E-state index in [0.717, 1.165) is 119 Å². The summed E-state index contributed by atoms with van der Waals surface area (Å²) < 4.78 is 17.8. The van der Waals surface area contributed by atoms with E-state index in [1.807, 2.05) is 65.9 Å². The molecule has 4 aromatic carbocycles. The number of imidazole rings is 2. The van der Waals surface area contributed by atoms with Crippen LogP contribution >= 0.6 is 45.2 Å². The molecule has 0 saturated heterocycles. The number of hydrogen-bond acceptors (Lipinski definition) is 11. The number of fused-ring (bicyclic) bond motifs is 3. The number of halogens is 2.